The van der Waals surface area contributed by atoms with E-state index in [9.17, 15) is 9.90 Å². The fourth-order valence-electron chi connectivity index (χ4n) is 7.11. The normalized spacial score (nSPS) is 52.2. The lowest BCUT2D eigenvalue weighted by Crippen LogP contribution is -2.56. The number of hydrogen-bond acceptors (Lipinski definition) is 2. The van der Waals surface area contributed by atoms with E-state index >= 15 is 0 Å². The third-order valence-corrected chi connectivity index (χ3v) is 8.25. The first-order chi connectivity index (χ1) is 10.9. The lowest BCUT2D eigenvalue weighted by molar-refractivity contribution is -0.131. The summed E-state index contributed by atoms with van der Waals surface area (Å²) in [6.07, 6.45) is 11.1. The van der Waals surface area contributed by atoms with Crippen LogP contribution >= 0.6 is 0 Å². The summed E-state index contributed by atoms with van der Waals surface area (Å²) in [5.41, 5.74) is 1.60. The Balaban J connectivity index is 1.73. The van der Waals surface area contributed by atoms with E-state index in [2.05, 4.69) is 26.5 Å². The molecule has 126 valence electrons. The number of aliphatic hydroxyl groups is 1. The van der Waals surface area contributed by atoms with Gasteiger partial charge in [-0.15, -0.1) is 6.58 Å². The molecular formula is C21H30O2. The van der Waals surface area contributed by atoms with Crippen LogP contribution in [0.3, 0.4) is 0 Å². The summed E-state index contributed by atoms with van der Waals surface area (Å²) in [6, 6.07) is 0. The van der Waals surface area contributed by atoms with Crippen LogP contribution in [0.15, 0.2) is 24.3 Å². The molecule has 0 unspecified atom stereocenters. The van der Waals surface area contributed by atoms with Crippen LogP contribution in [0.2, 0.25) is 0 Å². The predicted octanol–water partition coefficient (Wildman–Crippen LogP) is 4.29. The topological polar surface area (TPSA) is 37.3 Å². The summed E-state index contributed by atoms with van der Waals surface area (Å²) >= 11 is 0. The van der Waals surface area contributed by atoms with Crippen molar-refractivity contribution >= 4 is 5.78 Å². The van der Waals surface area contributed by atoms with E-state index in [0.29, 0.717) is 30.0 Å². The first kappa shape index (κ1) is 15.6. The Hall–Kier alpha value is -0.890. The van der Waals surface area contributed by atoms with Crippen molar-refractivity contribution in [3.63, 3.8) is 0 Å². The molecule has 0 heterocycles. The van der Waals surface area contributed by atoms with Crippen molar-refractivity contribution in [3.05, 3.63) is 24.3 Å². The van der Waals surface area contributed by atoms with E-state index in [-0.39, 0.29) is 16.9 Å². The Kier molecular flexibility index (Phi) is 3.43. The summed E-state index contributed by atoms with van der Waals surface area (Å²) in [5.74, 6) is 2.52. The van der Waals surface area contributed by atoms with Crippen LogP contribution in [0, 0.1) is 34.5 Å². The molecule has 0 aliphatic heterocycles. The lowest BCUT2D eigenvalue weighted by atomic mass is 9.46. The molecule has 23 heavy (non-hydrogen) atoms. The summed E-state index contributed by atoms with van der Waals surface area (Å²) in [7, 11) is 0. The van der Waals surface area contributed by atoms with Gasteiger partial charge in [0, 0.05) is 6.42 Å². The Bertz CT molecular complexity index is 576. The Labute approximate surface area is 140 Å². The second-order valence-electron chi connectivity index (χ2n) is 9.08. The van der Waals surface area contributed by atoms with Gasteiger partial charge in [0.05, 0.1) is 6.10 Å². The molecule has 4 aliphatic carbocycles. The van der Waals surface area contributed by atoms with Gasteiger partial charge in [0.2, 0.25) is 0 Å². The number of hydrogen-bond donors (Lipinski definition) is 1. The Morgan fingerprint density at radius 2 is 2.04 bits per heavy atom. The standard InChI is InChI=1S/C21H30O2/c1-4-13-6-8-17-16-7-5-14-11-15(22)9-10-20(14,2)19(16)18(23)12-21(13,17)3/h4,11,13,16-19,23H,1,5-10,12H2,2-3H3/t13-,16-,17-,18-,19+,20+,21-/m1/s1. The van der Waals surface area contributed by atoms with Gasteiger partial charge in [-0.05, 0) is 79.1 Å². The average Bonchev–Trinajstić information content (AvgIpc) is 2.83. The van der Waals surface area contributed by atoms with Gasteiger partial charge < -0.3 is 5.11 Å². The maximum absolute atomic E-state index is 11.9. The van der Waals surface area contributed by atoms with E-state index in [1.54, 1.807) is 0 Å². The van der Waals surface area contributed by atoms with Gasteiger partial charge >= 0.3 is 0 Å². The second-order valence-corrected chi connectivity index (χ2v) is 9.08. The number of allylic oxidation sites excluding steroid dienone is 2. The monoisotopic (exact) mass is 314 g/mol. The second kappa shape index (κ2) is 5.05. The van der Waals surface area contributed by atoms with Gasteiger partial charge in [-0.2, -0.15) is 0 Å². The Morgan fingerprint density at radius 3 is 2.78 bits per heavy atom. The minimum atomic E-state index is -0.233. The molecule has 4 aliphatic rings. The fraction of sp³-hybridized carbons (Fsp3) is 0.762. The molecule has 0 radical (unpaired) electrons. The average molecular weight is 314 g/mol. The zero-order chi connectivity index (χ0) is 16.4. The zero-order valence-electron chi connectivity index (χ0n) is 14.6. The van der Waals surface area contributed by atoms with Crippen molar-refractivity contribution in [1.82, 2.24) is 0 Å². The van der Waals surface area contributed by atoms with Crippen LogP contribution in [-0.2, 0) is 4.79 Å². The summed E-state index contributed by atoms with van der Waals surface area (Å²) in [4.78, 5) is 11.9. The van der Waals surface area contributed by atoms with Crippen LogP contribution in [0.1, 0.15) is 58.8 Å². The van der Waals surface area contributed by atoms with Crippen molar-refractivity contribution < 1.29 is 9.90 Å². The van der Waals surface area contributed by atoms with Crippen LogP contribution in [-0.4, -0.2) is 17.0 Å². The van der Waals surface area contributed by atoms with Crippen LogP contribution in [0.25, 0.3) is 0 Å². The highest BCUT2D eigenvalue weighted by molar-refractivity contribution is 5.91. The van der Waals surface area contributed by atoms with E-state index in [1.165, 1.54) is 18.4 Å². The van der Waals surface area contributed by atoms with Crippen LogP contribution < -0.4 is 0 Å². The molecular weight excluding hydrogens is 284 g/mol. The molecule has 4 rings (SSSR count). The summed E-state index contributed by atoms with van der Waals surface area (Å²) in [6.45, 7) is 8.79. The third-order valence-electron chi connectivity index (χ3n) is 8.25. The zero-order valence-corrected chi connectivity index (χ0v) is 14.6. The summed E-state index contributed by atoms with van der Waals surface area (Å²) in [5, 5.41) is 11.2. The van der Waals surface area contributed by atoms with E-state index < -0.39 is 0 Å². The van der Waals surface area contributed by atoms with Gasteiger partial charge in [0.1, 0.15) is 0 Å². The molecule has 3 fully saturated rings. The maximum Gasteiger partial charge on any atom is 0.155 e. The van der Waals surface area contributed by atoms with E-state index in [0.717, 1.165) is 31.6 Å². The quantitative estimate of drug-likeness (QED) is 0.733. The molecule has 0 spiro atoms. The number of carbonyl (C=O) groups excluding carboxylic acids is 1. The molecule has 2 heteroatoms. The molecule has 0 aromatic heterocycles. The molecule has 1 N–H and O–H groups in total. The molecule has 0 bridgehead atoms. The Morgan fingerprint density at radius 1 is 1.26 bits per heavy atom. The van der Waals surface area contributed by atoms with E-state index in [4.69, 9.17) is 0 Å². The molecule has 0 aromatic carbocycles. The fourth-order valence-corrected chi connectivity index (χ4v) is 7.11. The van der Waals surface area contributed by atoms with Crippen molar-refractivity contribution in [2.24, 2.45) is 34.5 Å². The number of rotatable bonds is 1. The largest absolute Gasteiger partial charge is 0.393 e. The molecule has 2 nitrogen and oxygen atoms in total. The smallest absolute Gasteiger partial charge is 0.155 e. The first-order valence-corrected chi connectivity index (χ1v) is 9.44. The third kappa shape index (κ3) is 2.00. The highest BCUT2D eigenvalue weighted by Crippen LogP contribution is 2.66. The van der Waals surface area contributed by atoms with Crippen molar-refractivity contribution in [3.8, 4) is 0 Å². The maximum atomic E-state index is 11.9. The van der Waals surface area contributed by atoms with Crippen molar-refractivity contribution in [1.29, 1.82) is 0 Å². The van der Waals surface area contributed by atoms with Gasteiger partial charge in [-0.1, -0.05) is 25.5 Å². The van der Waals surface area contributed by atoms with Crippen molar-refractivity contribution in [2.75, 3.05) is 0 Å². The van der Waals surface area contributed by atoms with Gasteiger partial charge in [-0.25, -0.2) is 0 Å². The highest BCUT2D eigenvalue weighted by Gasteiger charge is 2.61. The van der Waals surface area contributed by atoms with E-state index in [1.807, 2.05) is 6.08 Å². The van der Waals surface area contributed by atoms with Crippen LogP contribution in [0.5, 0.6) is 0 Å². The van der Waals surface area contributed by atoms with Gasteiger partial charge in [0.15, 0.2) is 5.78 Å². The van der Waals surface area contributed by atoms with Crippen LogP contribution in [0.4, 0.5) is 0 Å². The highest BCUT2D eigenvalue weighted by atomic mass is 16.3. The minimum absolute atomic E-state index is 0.0455. The number of aliphatic hydroxyl groups excluding tert-OH is 1. The first-order valence-electron chi connectivity index (χ1n) is 9.44. The molecule has 3 saturated carbocycles. The molecule has 0 saturated heterocycles. The number of ketones is 1. The van der Waals surface area contributed by atoms with Gasteiger partial charge in [-0.3, -0.25) is 4.79 Å². The van der Waals surface area contributed by atoms with Gasteiger partial charge in [0.25, 0.3) is 0 Å². The molecule has 0 aromatic rings. The predicted molar refractivity (Wildman–Crippen MR) is 91.8 cm³/mol. The number of carbonyl (C=O) groups is 1. The number of fused-ring (bicyclic) bond motifs is 5. The molecule has 0 amide bonds. The lowest BCUT2D eigenvalue weighted by Gasteiger charge is -2.59. The molecule has 7 atom stereocenters. The summed E-state index contributed by atoms with van der Waals surface area (Å²) < 4.78 is 0. The SMILES string of the molecule is C=C[C@@H]1CC[C@@H]2[C@H]3CCC4=CC(=O)CC[C@]4(C)[C@@H]3[C@H](O)C[C@]12C. The van der Waals surface area contributed by atoms with Crippen molar-refractivity contribution in [2.45, 2.75) is 64.9 Å². The minimum Gasteiger partial charge on any atom is -0.393 e.